The molecule has 0 saturated carbocycles. The standard InChI is InChI=1S/C8H10O2.C8H8/c1-10-6-7-2-4-8(9)5-3-7;1-6-3-2-4-7-5-8(6)7/h2-5,9H,6H2,1H3;2-4H,5H2,1H3. The van der Waals surface area contributed by atoms with Crippen LogP contribution in [0.25, 0.3) is 0 Å². The molecule has 0 atom stereocenters. The molecule has 0 bridgehead atoms. The Bertz CT molecular complexity index is 515. The van der Waals surface area contributed by atoms with Crippen molar-refractivity contribution in [3.8, 4) is 5.75 Å². The van der Waals surface area contributed by atoms with E-state index in [0.29, 0.717) is 12.4 Å². The van der Waals surface area contributed by atoms with Gasteiger partial charge >= 0.3 is 0 Å². The van der Waals surface area contributed by atoms with Crippen molar-refractivity contribution < 1.29 is 9.84 Å². The van der Waals surface area contributed by atoms with Gasteiger partial charge in [-0.3, -0.25) is 0 Å². The molecule has 1 aliphatic carbocycles. The quantitative estimate of drug-likeness (QED) is 0.746. The second-order valence-electron chi connectivity index (χ2n) is 4.49. The summed E-state index contributed by atoms with van der Waals surface area (Å²) in [6.45, 7) is 2.77. The van der Waals surface area contributed by atoms with Crippen LogP contribution >= 0.6 is 0 Å². The van der Waals surface area contributed by atoms with Crippen molar-refractivity contribution in [2.75, 3.05) is 7.11 Å². The van der Waals surface area contributed by atoms with E-state index in [0.717, 1.165) is 5.56 Å². The molecule has 2 heteroatoms. The molecule has 0 heterocycles. The molecule has 18 heavy (non-hydrogen) atoms. The van der Waals surface area contributed by atoms with Gasteiger partial charge < -0.3 is 9.84 Å². The average Bonchev–Trinajstić information content (AvgIpc) is 3.14. The molecule has 1 N–H and O–H groups in total. The van der Waals surface area contributed by atoms with Crippen LogP contribution in [0.2, 0.25) is 0 Å². The highest BCUT2D eigenvalue weighted by Gasteiger charge is 2.16. The third-order valence-electron chi connectivity index (χ3n) is 3.00. The molecular weight excluding hydrogens is 224 g/mol. The molecule has 2 aromatic rings. The van der Waals surface area contributed by atoms with E-state index in [1.807, 2.05) is 12.1 Å². The molecule has 1 aliphatic rings. The molecule has 0 amide bonds. The van der Waals surface area contributed by atoms with Crippen LogP contribution in [-0.2, 0) is 17.8 Å². The van der Waals surface area contributed by atoms with Crippen molar-refractivity contribution in [2.45, 2.75) is 20.0 Å². The van der Waals surface area contributed by atoms with E-state index in [2.05, 4.69) is 25.1 Å². The number of hydrogen-bond donors (Lipinski definition) is 1. The number of ether oxygens (including phenoxy) is 1. The minimum atomic E-state index is 0.292. The van der Waals surface area contributed by atoms with Gasteiger partial charge in [0.25, 0.3) is 0 Å². The third kappa shape index (κ3) is 3.34. The average molecular weight is 242 g/mol. The summed E-state index contributed by atoms with van der Waals surface area (Å²) >= 11 is 0. The van der Waals surface area contributed by atoms with Crippen LogP contribution in [-0.4, -0.2) is 12.2 Å². The lowest BCUT2D eigenvalue weighted by atomic mass is 10.2. The van der Waals surface area contributed by atoms with Crippen LogP contribution in [0, 0.1) is 6.92 Å². The predicted molar refractivity (Wildman–Crippen MR) is 72.8 cm³/mol. The van der Waals surface area contributed by atoms with Crippen molar-refractivity contribution in [1.29, 1.82) is 0 Å². The number of phenolic OH excluding ortho intramolecular Hbond substituents is 1. The van der Waals surface area contributed by atoms with Gasteiger partial charge in [-0.1, -0.05) is 30.3 Å². The Morgan fingerprint density at radius 2 is 1.83 bits per heavy atom. The van der Waals surface area contributed by atoms with Crippen molar-refractivity contribution in [3.63, 3.8) is 0 Å². The molecule has 0 unspecified atom stereocenters. The number of aryl methyl sites for hydroxylation is 1. The van der Waals surface area contributed by atoms with E-state index in [4.69, 9.17) is 9.84 Å². The van der Waals surface area contributed by atoms with Gasteiger partial charge in [0.1, 0.15) is 5.75 Å². The van der Waals surface area contributed by atoms with Gasteiger partial charge in [-0.05, 0) is 47.7 Å². The Morgan fingerprint density at radius 3 is 2.39 bits per heavy atom. The first kappa shape index (κ1) is 12.7. The van der Waals surface area contributed by atoms with Gasteiger partial charge in [0, 0.05) is 7.11 Å². The summed E-state index contributed by atoms with van der Waals surface area (Å²) < 4.78 is 4.89. The molecule has 0 radical (unpaired) electrons. The fourth-order valence-electron chi connectivity index (χ4n) is 1.87. The zero-order chi connectivity index (χ0) is 13.0. The number of rotatable bonds is 2. The lowest BCUT2D eigenvalue weighted by Crippen LogP contribution is -1.84. The SMILES string of the molecule is COCc1ccc(O)cc1.Cc1cccc2c1C2. The number of aromatic hydroxyl groups is 1. The van der Waals surface area contributed by atoms with Crippen molar-refractivity contribution in [3.05, 3.63) is 64.7 Å². The zero-order valence-corrected chi connectivity index (χ0v) is 10.8. The van der Waals surface area contributed by atoms with E-state index < -0.39 is 0 Å². The van der Waals surface area contributed by atoms with Crippen molar-refractivity contribution in [2.24, 2.45) is 0 Å². The maximum absolute atomic E-state index is 8.88. The van der Waals surface area contributed by atoms with Crippen molar-refractivity contribution >= 4 is 0 Å². The summed E-state index contributed by atoms with van der Waals surface area (Å²) in [5.74, 6) is 0.292. The van der Waals surface area contributed by atoms with Crippen molar-refractivity contribution in [1.82, 2.24) is 0 Å². The first-order valence-electron chi connectivity index (χ1n) is 6.05. The second kappa shape index (κ2) is 5.69. The highest BCUT2D eigenvalue weighted by atomic mass is 16.5. The highest BCUT2D eigenvalue weighted by Crippen LogP contribution is 2.29. The Balaban J connectivity index is 0.000000136. The van der Waals surface area contributed by atoms with E-state index in [1.54, 1.807) is 30.4 Å². The lowest BCUT2D eigenvalue weighted by molar-refractivity contribution is 0.185. The molecule has 94 valence electrons. The van der Waals surface area contributed by atoms with Crippen LogP contribution in [0.4, 0.5) is 0 Å². The zero-order valence-electron chi connectivity index (χ0n) is 10.8. The Hall–Kier alpha value is -1.80. The summed E-state index contributed by atoms with van der Waals surface area (Å²) in [6.07, 6.45) is 1.25. The van der Waals surface area contributed by atoms with Crippen LogP contribution in [0.3, 0.4) is 0 Å². The predicted octanol–water partition coefficient (Wildman–Crippen LogP) is 3.44. The van der Waals surface area contributed by atoms with Gasteiger partial charge in [-0.2, -0.15) is 0 Å². The minimum Gasteiger partial charge on any atom is -0.508 e. The summed E-state index contributed by atoms with van der Waals surface area (Å²) in [6, 6.07) is 13.5. The summed E-state index contributed by atoms with van der Waals surface area (Å²) in [5, 5.41) is 8.88. The number of methoxy groups -OCH3 is 1. The smallest absolute Gasteiger partial charge is 0.115 e. The van der Waals surface area contributed by atoms with E-state index in [9.17, 15) is 0 Å². The second-order valence-corrected chi connectivity index (χ2v) is 4.49. The number of benzene rings is 2. The monoisotopic (exact) mass is 242 g/mol. The fourth-order valence-corrected chi connectivity index (χ4v) is 1.87. The fraction of sp³-hybridized carbons (Fsp3) is 0.250. The first-order valence-corrected chi connectivity index (χ1v) is 6.05. The van der Waals surface area contributed by atoms with Crippen LogP contribution < -0.4 is 0 Å². The van der Waals surface area contributed by atoms with Gasteiger partial charge in [-0.15, -0.1) is 0 Å². The third-order valence-corrected chi connectivity index (χ3v) is 3.00. The largest absolute Gasteiger partial charge is 0.508 e. The van der Waals surface area contributed by atoms with Crippen LogP contribution in [0.15, 0.2) is 42.5 Å². The molecule has 2 aromatic carbocycles. The molecule has 0 spiro atoms. The Kier molecular flexibility index (Phi) is 4.00. The molecular formula is C16H18O2. The van der Waals surface area contributed by atoms with E-state index >= 15 is 0 Å². The van der Waals surface area contributed by atoms with Gasteiger partial charge in [-0.25, -0.2) is 0 Å². The maximum atomic E-state index is 8.88. The Labute approximate surface area is 108 Å². The summed E-state index contributed by atoms with van der Waals surface area (Å²) in [4.78, 5) is 0. The van der Waals surface area contributed by atoms with E-state index in [-0.39, 0.29) is 0 Å². The lowest BCUT2D eigenvalue weighted by Gasteiger charge is -1.97. The number of hydrogen-bond acceptors (Lipinski definition) is 2. The first-order chi connectivity index (χ1) is 8.70. The van der Waals surface area contributed by atoms with Gasteiger partial charge in [0.2, 0.25) is 0 Å². The molecule has 0 saturated heterocycles. The number of fused-ring (bicyclic) bond motifs is 1. The maximum Gasteiger partial charge on any atom is 0.115 e. The van der Waals surface area contributed by atoms with Gasteiger partial charge in [0.15, 0.2) is 0 Å². The van der Waals surface area contributed by atoms with Crippen LogP contribution in [0.1, 0.15) is 22.3 Å². The highest BCUT2D eigenvalue weighted by molar-refractivity contribution is 5.49. The van der Waals surface area contributed by atoms with Gasteiger partial charge in [0.05, 0.1) is 6.61 Å². The number of phenols is 1. The molecule has 0 aliphatic heterocycles. The topological polar surface area (TPSA) is 29.5 Å². The van der Waals surface area contributed by atoms with Crippen LogP contribution in [0.5, 0.6) is 5.75 Å². The normalized spacial score (nSPS) is 11.2. The molecule has 3 rings (SSSR count). The summed E-state index contributed by atoms with van der Waals surface area (Å²) in [5.41, 5.74) is 5.65. The molecule has 2 nitrogen and oxygen atoms in total. The molecule has 0 aromatic heterocycles. The van der Waals surface area contributed by atoms with E-state index in [1.165, 1.54) is 12.0 Å². The minimum absolute atomic E-state index is 0.292. The molecule has 0 fully saturated rings. The Morgan fingerprint density at radius 1 is 1.11 bits per heavy atom. The summed E-state index contributed by atoms with van der Waals surface area (Å²) in [7, 11) is 1.65.